The zero-order valence-electron chi connectivity index (χ0n) is 9.37. The summed E-state index contributed by atoms with van der Waals surface area (Å²) in [6, 6.07) is 6.14. The molecule has 1 rings (SSSR count). The molecule has 1 atom stereocenters. The summed E-state index contributed by atoms with van der Waals surface area (Å²) >= 11 is 0. The predicted octanol–water partition coefficient (Wildman–Crippen LogP) is 1.22. The van der Waals surface area contributed by atoms with E-state index in [0.29, 0.717) is 19.4 Å². The molecule has 0 heterocycles. The standard InChI is InChI=1S/C12H17FN2O/c1-2-11(12(14)16)15-7-6-9-4-3-5-10(13)8-9/h3-5,8,11,15H,2,6-7H2,1H3,(H2,14,16). The minimum Gasteiger partial charge on any atom is -0.368 e. The molecule has 1 amide bonds. The second-order valence-corrected chi connectivity index (χ2v) is 3.70. The Kier molecular flexibility index (Phi) is 4.92. The van der Waals surface area contributed by atoms with Crippen LogP contribution in [0.5, 0.6) is 0 Å². The molecule has 0 spiro atoms. The molecule has 16 heavy (non-hydrogen) atoms. The van der Waals surface area contributed by atoms with Crippen molar-refractivity contribution < 1.29 is 9.18 Å². The Hall–Kier alpha value is -1.42. The third kappa shape index (κ3) is 3.98. The van der Waals surface area contributed by atoms with Gasteiger partial charge in [-0.25, -0.2) is 4.39 Å². The van der Waals surface area contributed by atoms with E-state index in [1.165, 1.54) is 12.1 Å². The lowest BCUT2D eigenvalue weighted by Crippen LogP contribution is -2.41. The van der Waals surface area contributed by atoms with E-state index in [1.807, 2.05) is 13.0 Å². The second-order valence-electron chi connectivity index (χ2n) is 3.70. The molecule has 0 saturated heterocycles. The van der Waals surface area contributed by atoms with Gasteiger partial charge < -0.3 is 11.1 Å². The average molecular weight is 224 g/mol. The Bertz CT molecular complexity index is 355. The molecule has 0 radical (unpaired) electrons. The van der Waals surface area contributed by atoms with Gasteiger partial charge in [0.25, 0.3) is 0 Å². The maximum absolute atomic E-state index is 12.9. The number of benzene rings is 1. The van der Waals surface area contributed by atoms with E-state index >= 15 is 0 Å². The molecule has 0 aliphatic rings. The van der Waals surface area contributed by atoms with Crippen LogP contribution < -0.4 is 11.1 Å². The Morgan fingerprint density at radius 1 is 1.56 bits per heavy atom. The number of halogens is 1. The highest BCUT2D eigenvalue weighted by atomic mass is 19.1. The van der Waals surface area contributed by atoms with E-state index in [-0.39, 0.29) is 17.8 Å². The van der Waals surface area contributed by atoms with Crippen LogP contribution in [0.1, 0.15) is 18.9 Å². The topological polar surface area (TPSA) is 55.1 Å². The van der Waals surface area contributed by atoms with Gasteiger partial charge in [-0.2, -0.15) is 0 Å². The van der Waals surface area contributed by atoms with E-state index < -0.39 is 0 Å². The Balaban J connectivity index is 2.38. The van der Waals surface area contributed by atoms with Crippen molar-refractivity contribution in [3.05, 3.63) is 35.6 Å². The third-order valence-electron chi connectivity index (χ3n) is 2.45. The number of primary amides is 1. The van der Waals surface area contributed by atoms with E-state index in [1.54, 1.807) is 6.07 Å². The van der Waals surface area contributed by atoms with Gasteiger partial charge in [-0.15, -0.1) is 0 Å². The van der Waals surface area contributed by atoms with Crippen molar-refractivity contribution in [2.24, 2.45) is 5.73 Å². The predicted molar refractivity (Wildman–Crippen MR) is 61.4 cm³/mol. The van der Waals surface area contributed by atoms with Crippen LogP contribution in [0.4, 0.5) is 4.39 Å². The fourth-order valence-electron chi connectivity index (χ4n) is 1.53. The third-order valence-corrected chi connectivity index (χ3v) is 2.45. The molecular weight excluding hydrogens is 207 g/mol. The molecule has 0 saturated carbocycles. The number of nitrogens with two attached hydrogens (primary N) is 1. The van der Waals surface area contributed by atoms with Crippen molar-refractivity contribution in [2.75, 3.05) is 6.54 Å². The van der Waals surface area contributed by atoms with Crippen molar-refractivity contribution in [1.29, 1.82) is 0 Å². The van der Waals surface area contributed by atoms with Crippen molar-refractivity contribution in [2.45, 2.75) is 25.8 Å². The minimum absolute atomic E-state index is 0.237. The first-order valence-electron chi connectivity index (χ1n) is 5.40. The summed E-state index contributed by atoms with van der Waals surface area (Å²) in [7, 11) is 0. The van der Waals surface area contributed by atoms with Gasteiger partial charge in [0.2, 0.25) is 5.91 Å². The number of hydrogen-bond donors (Lipinski definition) is 2. The summed E-state index contributed by atoms with van der Waals surface area (Å²) in [6.07, 6.45) is 1.35. The fraction of sp³-hybridized carbons (Fsp3) is 0.417. The van der Waals surface area contributed by atoms with Gasteiger partial charge in [0.1, 0.15) is 5.82 Å². The fourth-order valence-corrected chi connectivity index (χ4v) is 1.53. The van der Waals surface area contributed by atoms with Gasteiger partial charge in [0, 0.05) is 0 Å². The maximum atomic E-state index is 12.9. The summed E-state index contributed by atoms with van der Waals surface area (Å²) < 4.78 is 12.9. The summed E-state index contributed by atoms with van der Waals surface area (Å²) in [5.41, 5.74) is 6.10. The van der Waals surface area contributed by atoms with Crippen LogP contribution >= 0.6 is 0 Å². The second kappa shape index (κ2) is 6.23. The number of amides is 1. The van der Waals surface area contributed by atoms with Gasteiger partial charge in [0.15, 0.2) is 0 Å². The molecule has 0 bridgehead atoms. The molecule has 1 unspecified atom stereocenters. The number of hydrogen-bond acceptors (Lipinski definition) is 2. The number of carbonyl (C=O) groups excluding carboxylic acids is 1. The normalized spacial score (nSPS) is 12.4. The quantitative estimate of drug-likeness (QED) is 0.763. The molecule has 88 valence electrons. The number of rotatable bonds is 6. The van der Waals surface area contributed by atoms with E-state index in [9.17, 15) is 9.18 Å². The zero-order chi connectivity index (χ0) is 12.0. The van der Waals surface area contributed by atoms with Gasteiger partial charge in [-0.1, -0.05) is 19.1 Å². The van der Waals surface area contributed by atoms with E-state index in [4.69, 9.17) is 5.73 Å². The van der Waals surface area contributed by atoms with Crippen LogP contribution in [0.15, 0.2) is 24.3 Å². The van der Waals surface area contributed by atoms with Gasteiger partial charge in [-0.3, -0.25) is 4.79 Å². The van der Waals surface area contributed by atoms with E-state index in [2.05, 4.69) is 5.32 Å². The SMILES string of the molecule is CCC(NCCc1cccc(F)c1)C(N)=O. The first kappa shape index (κ1) is 12.6. The first-order valence-corrected chi connectivity index (χ1v) is 5.40. The molecule has 3 N–H and O–H groups in total. The first-order chi connectivity index (χ1) is 7.63. The molecule has 0 aliphatic heterocycles. The lowest BCUT2D eigenvalue weighted by molar-refractivity contribution is -0.120. The van der Waals surface area contributed by atoms with Gasteiger partial charge >= 0.3 is 0 Å². The highest BCUT2D eigenvalue weighted by Crippen LogP contribution is 2.03. The van der Waals surface area contributed by atoms with Crippen molar-refractivity contribution in [1.82, 2.24) is 5.32 Å². The molecule has 3 nitrogen and oxygen atoms in total. The summed E-state index contributed by atoms with van der Waals surface area (Å²) in [5.74, 6) is -0.582. The smallest absolute Gasteiger partial charge is 0.234 e. The van der Waals surface area contributed by atoms with Gasteiger partial charge in [-0.05, 0) is 37.1 Å². The highest BCUT2D eigenvalue weighted by Gasteiger charge is 2.10. The lowest BCUT2D eigenvalue weighted by atomic mass is 10.1. The monoisotopic (exact) mass is 224 g/mol. The molecule has 1 aromatic carbocycles. The summed E-state index contributed by atoms with van der Waals surface area (Å²) in [6.45, 7) is 2.51. The lowest BCUT2D eigenvalue weighted by Gasteiger charge is -2.12. The molecular formula is C12H17FN2O. The Morgan fingerprint density at radius 3 is 2.88 bits per heavy atom. The van der Waals surface area contributed by atoms with Crippen LogP contribution in [0, 0.1) is 5.82 Å². The largest absolute Gasteiger partial charge is 0.368 e. The minimum atomic E-state index is -0.346. The van der Waals surface area contributed by atoms with Crippen LogP contribution in [-0.4, -0.2) is 18.5 Å². The molecule has 1 aromatic rings. The van der Waals surface area contributed by atoms with Crippen LogP contribution in [0.25, 0.3) is 0 Å². The van der Waals surface area contributed by atoms with E-state index in [0.717, 1.165) is 5.56 Å². The molecule has 4 heteroatoms. The van der Waals surface area contributed by atoms with Crippen molar-refractivity contribution >= 4 is 5.91 Å². The Labute approximate surface area is 94.8 Å². The average Bonchev–Trinajstić information content (AvgIpc) is 2.24. The number of nitrogens with one attached hydrogen (secondary N) is 1. The summed E-state index contributed by atoms with van der Waals surface area (Å²) in [5, 5.41) is 3.04. The van der Waals surface area contributed by atoms with Crippen LogP contribution in [0.2, 0.25) is 0 Å². The molecule has 0 aliphatic carbocycles. The van der Waals surface area contributed by atoms with Crippen molar-refractivity contribution in [3.8, 4) is 0 Å². The highest BCUT2D eigenvalue weighted by molar-refractivity contribution is 5.79. The zero-order valence-corrected chi connectivity index (χ0v) is 9.37. The molecule has 0 aromatic heterocycles. The maximum Gasteiger partial charge on any atom is 0.234 e. The van der Waals surface area contributed by atoms with Crippen LogP contribution in [-0.2, 0) is 11.2 Å². The summed E-state index contributed by atoms with van der Waals surface area (Å²) in [4.78, 5) is 10.9. The molecule has 0 fully saturated rings. The van der Waals surface area contributed by atoms with Crippen LogP contribution in [0.3, 0.4) is 0 Å². The van der Waals surface area contributed by atoms with Gasteiger partial charge in [0.05, 0.1) is 6.04 Å². The Morgan fingerprint density at radius 2 is 2.31 bits per heavy atom. The number of carbonyl (C=O) groups is 1. The van der Waals surface area contributed by atoms with Crippen molar-refractivity contribution in [3.63, 3.8) is 0 Å².